The van der Waals surface area contributed by atoms with E-state index in [0.717, 1.165) is 23.1 Å². The van der Waals surface area contributed by atoms with Gasteiger partial charge < -0.3 is 10.6 Å². The van der Waals surface area contributed by atoms with Crippen LogP contribution in [0.4, 0.5) is 5.69 Å². The van der Waals surface area contributed by atoms with Crippen LogP contribution < -0.4 is 10.6 Å². The van der Waals surface area contributed by atoms with Crippen LogP contribution in [0.5, 0.6) is 0 Å². The highest BCUT2D eigenvalue weighted by atomic mass is 79.9. The molecule has 0 bridgehead atoms. The standard InChI is InChI=1S/C16H17BrN2/c1-11(18)15-7-6-14(8-16(15)17)19-9-12-4-2-3-5-13(12)10-19/h2-8,11H,9-10,18H2,1H3/t11-/m1/s1. The topological polar surface area (TPSA) is 29.3 Å². The number of rotatable bonds is 2. The highest BCUT2D eigenvalue weighted by Gasteiger charge is 2.19. The zero-order valence-electron chi connectivity index (χ0n) is 10.9. The largest absolute Gasteiger partial charge is 0.363 e. The second kappa shape index (κ2) is 4.99. The van der Waals surface area contributed by atoms with Crippen molar-refractivity contribution in [3.8, 4) is 0 Å². The Morgan fingerprint density at radius 2 is 1.74 bits per heavy atom. The van der Waals surface area contributed by atoms with E-state index in [0.29, 0.717) is 0 Å². The van der Waals surface area contributed by atoms with Gasteiger partial charge in [0.1, 0.15) is 0 Å². The molecule has 1 aliphatic rings. The Balaban J connectivity index is 1.88. The van der Waals surface area contributed by atoms with Crippen LogP contribution in [-0.4, -0.2) is 0 Å². The average Bonchev–Trinajstić information content (AvgIpc) is 2.81. The quantitative estimate of drug-likeness (QED) is 0.907. The molecule has 98 valence electrons. The third-order valence-corrected chi connectivity index (χ3v) is 4.37. The molecule has 3 heteroatoms. The monoisotopic (exact) mass is 316 g/mol. The smallest absolute Gasteiger partial charge is 0.0436 e. The van der Waals surface area contributed by atoms with Gasteiger partial charge in [-0.1, -0.05) is 46.3 Å². The van der Waals surface area contributed by atoms with Crippen LogP contribution in [0, 0.1) is 0 Å². The molecule has 19 heavy (non-hydrogen) atoms. The van der Waals surface area contributed by atoms with Crippen LogP contribution in [0.2, 0.25) is 0 Å². The van der Waals surface area contributed by atoms with Crippen LogP contribution in [-0.2, 0) is 13.1 Å². The predicted molar refractivity (Wildman–Crippen MR) is 83.1 cm³/mol. The summed E-state index contributed by atoms with van der Waals surface area (Å²) in [5.41, 5.74) is 11.2. The molecule has 1 heterocycles. The Kier molecular flexibility index (Phi) is 3.33. The van der Waals surface area contributed by atoms with Crippen molar-refractivity contribution in [3.05, 3.63) is 63.6 Å². The summed E-state index contributed by atoms with van der Waals surface area (Å²) in [6.07, 6.45) is 0. The number of hydrogen-bond donors (Lipinski definition) is 1. The van der Waals surface area contributed by atoms with Crippen molar-refractivity contribution in [3.63, 3.8) is 0 Å². The average molecular weight is 317 g/mol. The normalized spacial score (nSPS) is 15.4. The van der Waals surface area contributed by atoms with Gasteiger partial charge in [0.05, 0.1) is 0 Å². The Morgan fingerprint density at radius 3 is 2.26 bits per heavy atom. The van der Waals surface area contributed by atoms with E-state index < -0.39 is 0 Å². The number of anilines is 1. The first-order valence-corrected chi connectivity index (χ1v) is 7.31. The summed E-state index contributed by atoms with van der Waals surface area (Å²) in [5, 5.41) is 0. The molecule has 3 rings (SSSR count). The van der Waals surface area contributed by atoms with Gasteiger partial charge in [-0.05, 0) is 35.7 Å². The van der Waals surface area contributed by atoms with Gasteiger partial charge in [-0.15, -0.1) is 0 Å². The van der Waals surface area contributed by atoms with E-state index in [2.05, 4.69) is 63.3 Å². The molecule has 2 nitrogen and oxygen atoms in total. The Morgan fingerprint density at radius 1 is 1.11 bits per heavy atom. The SMILES string of the molecule is C[C@@H](N)c1ccc(N2Cc3ccccc3C2)cc1Br. The summed E-state index contributed by atoms with van der Waals surface area (Å²) < 4.78 is 1.09. The molecule has 0 saturated heterocycles. The third-order valence-electron chi connectivity index (χ3n) is 3.68. The van der Waals surface area contributed by atoms with E-state index in [4.69, 9.17) is 5.73 Å². The van der Waals surface area contributed by atoms with Gasteiger partial charge in [0.2, 0.25) is 0 Å². The zero-order chi connectivity index (χ0) is 13.4. The van der Waals surface area contributed by atoms with Gasteiger partial charge in [-0.25, -0.2) is 0 Å². The lowest BCUT2D eigenvalue weighted by Gasteiger charge is -2.19. The van der Waals surface area contributed by atoms with Crippen LogP contribution in [0.3, 0.4) is 0 Å². The summed E-state index contributed by atoms with van der Waals surface area (Å²) in [6.45, 7) is 3.98. The Hall–Kier alpha value is -1.32. The first kappa shape index (κ1) is 12.7. The summed E-state index contributed by atoms with van der Waals surface area (Å²) in [5.74, 6) is 0. The number of nitrogens with zero attached hydrogens (tertiary/aromatic N) is 1. The molecule has 2 aromatic carbocycles. The summed E-state index contributed by atoms with van der Waals surface area (Å²) in [7, 11) is 0. The van der Waals surface area contributed by atoms with Gasteiger partial charge in [0.15, 0.2) is 0 Å². The van der Waals surface area contributed by atoms with Crippen molar-refractivity contribution >= 4 is 21.6 Å². The van der Waals surface area contributed by atoms with Crippen molar-refractivity contribution in [1.29, 1.82) is 0 Å². The molecule has 0 aliphatic carbocycles. The molecule has 0 fully saturated rings. The lowest BCUT2D eigenvalue weighted by molar-refractivity contribution is 0.810. The van der Waals surface area contributed by atoms with Crippen molar-refractivity contribution in [1.82, 2.24) is 0 Å². The van der Waals surface area contributed by atoms with Crippen LogP contribution >= 0.6 is 15.9 Å². The third kappa shape index (κ3) is 2.40. The minimum Gasteiger partial charge on any atom is -0.363 e. The molecule has 0 spiro atoms. The van der Waals surface area contributed by atoms with E-state index in [-0.39, 0.29) is 6.04 Å². The maximum Gasteiger partial charge on any atom is 0.0436 e. The molecule has 0 unspecified atom stereocenters. The van der Waals surface area contributed by atoms with Gasteiger partial charge >= 0.3 is 0 Å². The summed E-state index contributed by atoms with van der Waals surface area (Å²) in [6, 6.07) is 15.1. The highest BCUT2D eigenvalue weighted by molar-refractivity contribution is 9.10. The maximum absolute atomic E-state index is 5.94. The molecule has 0 saturated carbocycles. The second-order valence-corrected chi connectivity index (χ2v) is 5.97. The Bertz CT molecular complexity index is 582. The molecule has 0 aromatic heterocycles. The second-order valence-electron chi connectivity index (χ2n) is 5.12. The fourth-order valence-corrected chi connectivity index (χ4v) is 3.33. The van der Waals surface area contributed by atoms with E-state index in [9.17, 15) is 0 Å². The molecule has 1 aliphatic heterocycles. The van der Waals surface area contributed by atoms with E-state index in [1.165, 1.54) is 16.8 Å². The predicted octanol–water partition coefficient (Wildman–Crippen LogP) is 3.99. The number of fused-ring (bicyclic) bond motifs is 1. The minimum absolute atomic E-state index is 0.0548. The number of nitrogens with two attached hydrogens (primary N) is 1. The summed E-state index contributed by atoms with van der Waals surface area (Å²) >= 11 is 3.62. The van der Waals surface area contributed by atoms with Crippen molar-refractivity contribution in [2.75, 3.05) is 4.90 Å². The Labute approximate surface area is 122 Å². The molecule has 2 aromatic rings. The van der Waals surface area contributed by atoms with Crippen LogP contribution in [0.25, 0.3) is 0 Å². The molecular weight excluding hydrogens is 300 g/mol. The maximum atomic E-state index is 5.94. The molecule has 1 atom stereocenters. The van der Waals surface area contributed by atoms with Crippen molar-refractivity contribution < 1.29 is 0 Å². The lowest BCUT2D eigenvalue weighted by Crippen LogP contribution is -2.15. The highest BCUT2D eigenvalue weighted by Crippen LogP contribution is 2.32. The fraction of sp³-hybridized carbons (Fsp3) is 0.250. The zero-order valence-corrected chi connectivity index (χ0v) is 12.5. The first-order valence-electron chi connectivity index (χ1n) is 6.52. The van der Waals surface area contributed by atoms with Crippen molar-refractivity contribution in [2.24, 2.45) is 5.73 Å². The van der Waals surface area contributed by atoms with E-state index in [1.54, 1.807) is 0 Å². The molecular formula is C16H17BrN2. The number of hydrogen-bond acceptors (Lipinski definition) is 2. The van der Waals surface area contributed by atoms with Gasteiger partial charge in [-0.2, -0.15) is 0 Å². The minimum atomic E-state index is 0.0548. The van der Waals surface area contributed by atoms with Gasteiger partial charge in [-0.3, -0.25) is 0 Å². The van der Waals surface area contributed by atoms with Gasteiger partial charge in [0.25, 0.3) is 0 Å². The van der Waals surface area contributed by atoms with E-state index in [1.807, 2.05) is 6.92 Å². The molecule has 0 amide bonds. The molecule has 0 radical (unpaired) electrons. The van der Waals surface area contributed by atoms with Gasteiger partial charge in [0, 0.05) is 29.3 Å². The first-order chi connectivity index (χ1) is 9.15. The van der Waals surface area contributed by atoms with E-state index >= 15 is 0 Å². The fourth-order valence-electron chi connectivity index (χ4n) is 2.60. The van der Waals surface area contributed by atoms with Crippen molar-refractivity contribution in [2.45, 2.75) is 26.1 Å². The van der Waals surface area contributed by atoms with Crippen LogP contribution in [0.15, 0.2) is 46.9 Å². The number of benzene rings is 2. The van der Waals surface area contributed by atoms with Crippen LogP contribution in [0.1, 0.15) is 29.7 Å². The number of halogens is 1. The summed E-state index contributed by atoms with van der Waals surface area (Å²) in [4.78, 5) is 2.39. The lowest BCUT2D eigenvalue weighted by atomic mass is 10.1. The molecule has 2 N–H and O–H groups in total.